The van der Waals surface area contributed by atoms with Crippen molar-refractivity contribution in [3.8, 4) is 5.75 Å². The number of imide groups is 1. The third kappa shape index (κ3) is 5.52. The molecule has 2 amide bonds. The van der Waals surface area contributed by atoms with Crippen molar-refractivity contribution in [1.29, 1.82) is 0 Å². The van der Waals surface area contributed by atoms with Crippen molar-refractivity contribution in [1.82, 2.24) is 9.80 Å². The van der Waals surface area contributed by atoms with Gasteiger partial charge in [0.25, 0.3) is 11.8 Å². The summed E-state index contributed by atoms with van der Waals surface area (Å²) in [6.45, 7) is 9.03. The summed E-state index contributed by atoms with van der Waals surface area (Å²) in [4.78, 5) is 30.1. The summed E-state index contributed by atoms with van der Waals surface area (Å²) >= 11 is 0. The SMILES string of the molecule is Cc1cc(C)c(OCC(O)CN2CCC(CN3C(=O)c4cccc5cccc(c45)C3=O)CC2)c(C)c1.Cl. The van der Waals surface area contributed by atoms with E-state index >= 15 is 0 Å². The molecule has 2 heterocycles. The Balaban J connectivity index is 0.00000320. The number of halogens is 1. The van der Waals surface area contributed by atoms with Gasteiger partial charge in [-0.3, -0.25) is 14.5 Å². The van der Waals surface area contributed by atoms with E-state index in [2.05, 4.69) is 24.0 Å². The second-order valence-electron chi connectivity index (χ2n) is 10.4. The van der Waals surface area contributed by atoms with E-state index in [1.54, 1.807) is 0 Å². The first kappa shape index (κ1) is 27.1. The molecule has 1 unspecified atom stereocenters. The Morgan fingerprint density at radius 2 is 1.51 bits per heavy atom. The summed E-state index contributed by atoms with van der Waals surface area (Å²) in [6.07, 6.45) is 1.18. The Kier molecular flexibility index (Phi) is 8.22. The number of hydrogen-bond acceptors (Lipinski definition) is 5. The molecule has 5 rings (SSSR count). The van der Waals surface area contributed by atoms with Gasteiger partial charge >= 0.3 is 0 Å². The number of likely N-dealkylation sites (tertiary alicyclic amines) is 1. The van der Waals surface area contributed by atoms with E-state index in [1.165, 1.54) is 10.5 Å². The molecule has 0 radical (unpaired) electrons. The zero-order chi connectivity index (χ0) is 25.4. The molecule has 0 saturated carbocycles. The number of β-amino-alcohol motifs (C(OH)–C–C–N with tert-alkyl or cyclic N) is 1. The summed E-state index contributed by atoms with van der Waals surface area (Å²) < 4.78 is 5.97. The standard InChI is InChI=1S/C30H34N2O4.ClH/c1-19-14-20(2)28(21(3)15-19)36-18-24(33)17-31-12-10-22(11-13-31)16-32-29(34)25-8-4-6-23-7-5-9-26(27(23)25)30(32)35;/h4-9,14-15,22,24,33H,10-13,16-18H2,1-3H3;1H. The Bertz CT molecular complexity index is 1240. The lowest BCUT2D eigenvalue weighted by Gasteiger charge is -2.36. The summed E-state index contributed by atoms with van der Waals surface area (Å²) in [5.74, 6) is 0.721. The van der Waals surface area contributed by atoms with E-state index in [0.29, 0.717) is 24.2 Å². The molecule has 2 aliphatic rings. The molecular weight excluding hydrogens is 488 g/mol. The monoisotopic (exact) mass is 522 g/mol. The molecule has 3 aromatic carbocycles. The summed E-state index contributed by atoms with van der Waals surface area (Å²) in [7, 11) is 0. The van der Waals surface area contributed by atoms with Gasteiger partial charge in [-0.1, -0.05) is 42.0 Å². The number of carbonyl (C=O) groups is 2. The van der Waals surface area contributed by atoms with Crippen LogP contribution in [-0.2, 0) is 0 Å². The third-order valence-corrected chi connectivity index (χ3v) is 7.50. The third-order valence-electron chi connectivity index (χ3n) is 7.50. The molecule has 1 fully saturated rings. The number of aryl methyl sites for hydroxylation is 3. The number of carbonyl (C=O) groups excluding carboxylic acids is 2. The molecule has 0 aliphatic carbocycles. The Morgan fingerprint density at radius 3 is 2.08 bits per heavy atom. The minimum Gasteiger partial charge on any atom is -0.490 e. The van der Waals surface area contributed by atoms with Crippen molar-refractivity contribution in [2.45, 2.75) is 39.7 Å². The molecule has 3 aromatic rings. The van der Waals surface area contributed by atoms with Gasteiger partial charge in [-0.15, -0.1) is 12.4 Å². The van der Waals surface area contributed by atoms with Crippen LogP contribution in [0.2, 0.25) is 0 Å². The summed E-state index contributed by atoms with van der Waals surface area (Å²) in [5.41, 5.74) is 4.60. The zero-order valence-electron chi connectivity index (χ0n) is 21.7. The number of piperidine rings is 1. The van der Waals surface area contributed by atoms with Gasteiger partial charge in [-0.2, -0.15) is 0 Å². The van der Waals surface area contributed by atoms with Crippen LogP contribution in [0.15, 0.2) is 48.5 Å². The number of amides is 2. The predicted molar refractivity (Wildman–Crippen MR) is 148 cm³/mol. The highest BCUT2D eigenvalue weighted by Crippen LogP contribution is 2.31. The van der Waals surface area contributed by atoms with Crippen LogP contribution in [0, 0.1) is 26.7 Å². The van der Waals surface area contributed by atoms with Crippen LogP contribution in [0.25, 0.3) is 10.8 Å². The Labute approximate surface area is 224 Å². The summed E-state index contributed by atoms with van der Waals surface area (Å²) in [6, 6.07) is 15.5. The molecule has 1 saturated heterocycles. The smallest absolute Gasteiger partial charge is 0.261 e. The lowest BCUT2D eigenvalue weighted by atomic mass is 9.91. The van der Waals surface area contributed by atoms with Gasteiger partial charge in [0.2, 0.25) is 0 Å². The molecule has 0 bridgehead atoms. The first-order valence-electron chi connectivity index (χ1n) is 12.8. The number of nitrogens with zero attached hydrogens (tertiary/aromatic N) is 2. The van der Waals surface area contributed by atoms with Crippen molar-refractivity contribution in [2.24, 2.45) is 5.92 Å². The molecular formula is C30H35ClN2O4. The lowest BCUT2D eigenvalue weighted by molar-refractivity contribution is 0.0452. The quantitative estimate of drug-likeness (QED) is 0.445. The number of rotatable bonds is 7. The number of aliphatic hydroxyl groups excluding tert-OH is 1. The molecule has 0 aromatic heterocycles. The average Bonchev–Trinajstić information content (AvgIpc) is 2.85. The largest absolute Gasteiger partial charge is 0.490 e. The van der Waals surface area contributed by atoms with Gasteiger partial charge < -0.3 is 14.7 Å². The van der Waals surface area contributed by atoms with E-state index < -0.39 is 6.10 Å². The topological polar surface area (TPSA) is 70.1 Å². The average molecular weight is 523 g/mol. The molecule has 196 valence electrons. The predicted octanol–water partition coefficient (Wildman–Crippen LogP) is 4.93. The van der Waals surface area contributed by atoms with Crippen LogP contribution in [0.4, 0.5) is 0 Å². The Morgan fingerprint density at radius 1 is 0.946 bits per heavy atom. The van der Waals surface area contributed by atoms with Crippen LogP contribution < -0.4 is 4.74 Å². The summed E-state index contributed by atoms with van der Waals surface area (Å²) in [5, 5.41) is 12.3. The molecule has 1 atom stereocenters. The van der Waals surface area contributed by atoms with E-state index in [1.807, 2.05) is 50.2 Å². The normalized spacial score (nSPS) is 17.1. The zero-order valence-corrected chi connectivity index (χ0v) is 22.5. The van der Waals surface area contributed by atoms with Crippen LogP contribution in [-0.4, -0.2) is 65.6 Å². The van der Waals surface area contributed by atoms with Crippen LogP contribution in [0.3, 0.4) is 0 Å². The second-order valence-corrected chi connectivity index (χ2v) is 10.4. The van der Waals surface area contributed by atoms with Gasteiger partial charge in [0, 0.05) is 29.6 Å². The van der Waals surface area contributed by atoms with Crippen molar-refractivity contribution in [3.05, 3.63) is 76.3 Å². The minimum atomic E-state index is -0.580. The van der Waals surface area contributed by atoms with E-state index in [9.17, 15) is 14.7 Å². The van der Waals surface area contributed by atoms with Crippen LogP contribution in [0.1, 0.15) is 50.2 Å². The molecule has 1 N–H and O–H groups in total. The van der Waals surface area contributed by atoms with Gasteiger partial charge in [-0.25, -0.2) is 0 Å². The van der Waals surface area contributed by atoms with E-state index in [4.69, 9.17) is 4.74 Å². The fourth-order valence-corrected chi connectivity index (χ4v) is 5.78. The first-order chi connectivity index (χ1) is 17.3. The maximum atomic E-state index is 13.2. The van der Waals surface area contributed by atoms with Crippen LogP contribution in [0.5, 0.6) is 5.75 Å². The van der Waals surface area contributed by atoms with Gasteiger partial charge in [0.15, 0.2) is 0 Å². The van der Waals surface area contributed by atoms with Gasteiger partial charge in [0.1, 0.15) is 18.5 Å². The van der Waals surface area contributed by atoms with Crippen LogP contribution >= 0.6 is 12.4 Å². The number of ether oxygens (including phenoxy) is 1. The molecule has 2 aliphatic heterocycles. The first-order valence-corrected chi connectivity index (χ1v) is 12.8. The van der Waals surface area contributed by atoms with Crippen molar-refractivity contribution >= 4 is 35.0 Å². The van der Waals surface area contributed by atoms with E-state index in [0.717, 1.165) is 53.6 Å². The van der Waals surface area contributed by atoms with E-state index in [-0.39, 0.29) is 36.7 Å². The lowest BCUT2D eigenvalue weighted by Crippen LogP contribution is -2.46. The Hall–Kier alpha value is -2.93. The highest BCUT2D eigenvalue weighted by atomic mass is 35.5. The molecule has 7 heteroatoms. The number of benzene rings is 3. The highest BCUT2D eigenvalue weighted by Gasteiger charge is 2.35. The maximum Gasteiger partial charge on any atom is 0.261 e. The fourth-order valence-electron chi connectivity index (χ4n) is 5.78. The molecule has 6 nitrogen and oxygen atoms in total. The van der Waals surface area contributed by atoms with Crippen molar-refractivity contribution < 1.29 is 19.4 Å². The second kappa shape index (κ2) is 11.2. The molecule has 0 spiro atoms. The van der Waals surface area contributed by atoms with Crippen molar-refractivity contribution in [3.63, 3.8) is 0 Å². The maximum absolute atomic E-state index is 13.2. The number of aliphatic hydroxyl groups is 1. The van der Waals surface area contributed by atoms with Gasteiger partial charge in [0.05, 0.1) is 0 Å². The van der Waals surface area contributed by atoms with Gasteiger partial charge in [-0.05, 0) is 81.3 Å². The highest BCUT2D eigenvalue weighted by molar-refractivity contribution is 6.25. The molecule has 37 heavy (non-hydrogen) atoms. The number of hydrogen-bond donors (Lipinski definition) is 1. The fraction of sp³-hybridized carbons (Fsp3) is 0.400. The minimum absolute atomic E-state index is 0. The van der Waals surface area contributed by atoms with Crippen molar-refractivity contribution in [2.75, 3.05) is 32.8 Å².